The number of piperidine rings is 1. The highest BCUT2D eigenvalue weighted by Crippen LogP contribution is 2.29. The van der Waals surface area contributed by atoms with Crippen molar-refractivity contribution in [2.24, 2.45) is 0 Å². The molecule has 0 radical (unpaired) electrons. The maximum atomic E-state index is 12.6. The summed E-state index contributed by atoms with van der Waals surface area (Å²) in [5.41, 5.74) is 3.40. The normalized spacial score (nSPS) is 21.8. The zero-order chi connectivity index (χ0) is 22.8. The second-order valence-electron chi connectivity index (χ2n) is 8.42. The molecular formula is C24H34N2O6. The number of hydroxylamine groups is 1. The summed E-state index contributed by atoms with van der Waals surface area (Å²) < 4.78 is 5.35. The molecule has 3 N–H and O–H groups in total. The lowest BCUT2D eigenvalue weighted by Gasteiger charge is -2.26. The van der Waals surface area contributed by atoms with Crippen LogP contribution in [0.15, 0.2) is 24.3 Å². The second-order valence-corrected chi connectivity index (χ2v) is 8.42. The predicted octanol–water partition coefficient (Wildman–Crippen LogP) is 3.22. The Bertz CT molecular complexity index is 804. The van der Waals surface area contributed by atoms with Gasteiger partial charge in [0.15, 0.2) is 0 Å². The van der Waals surface area contributed by atoms with Crippen LogP contribution in [0.25, 0.3) is 0 Å². The first-order valence-corrected chi connectivity index (χ1v) is 11.6. The number of cyclic esters (lactones) is 1. The van der Waals surface area contributed by atoms with E-state index >= 15 is 0 Å². The highest BCUT2D eigenvalue weighted by molar-refractivity contribution is 5.94. The number of fused-ring (bicyclic) bond motifs is 1. The molecule has 0 aliphatic carbocycles. The number of nitrogens with one attached hydrogen (secondary N) is 1. The predicted molar refractivity (Wildman–Crippen MR) is 119 cm³/mol. The van der Waals surface area contributed by atoms with E-state index in [2.05, 4.69) is 11.6 Å². The van der Waals surface area contributed by atoms with Crippen LogP contribution in [-0.4, -0.2) is 59.3 Å². The van der Waals surface area contributed by atoms with Crippen LogP contribution < -0.4 is 5.48 Å². The number of esters is 1. The molecule has 1 amide bonds. The third-order valence-electron chi connectivity index (χ3n) is 5.83. The number of carbonyl (C=O) groups is 2. The molecule has 0 spiro atoms. The van der Waals surface area contributed by atoms with E-state index in [1.165, 1.54) is 6.07 Å². The molecular weight excluding hydrogens is 412 g/mol. The SMILES string of the molecule is O=C1OCCCCCC/C=C/C(NOCC(=O)N2CCCCC2)Cc2cc(O)cc(O)c21. The van der Waals surface area contributed by atoms with Crippen LogP contribution in [0.1, 0.15) is 67.3 Å². The molecule has 8 heteroatoms. The van der Waals surface area contributed by atoms with Crippen molar-refractivity contribution < 1.29 is 29.4 Å². The van der Waals surface area contributed by atoms with Gasteiger partial charge in [-0.05, 0) is 56.6 Å². The highest BCUT2D eigenvalue weighted by Gasteiger charge is 2.22. The first-order valence-electron chi connectivity index (χ1n) is 11.6. The van der Waals surface area contributed by atoms with Gasteiger partial charge in [-0.15, -0.1) is 0 Å². The zero-order valence-electron chi connectivity index (χ0n) is 18.6. The fourth-order valence-corrected chi connectivity index (χ4v) is 4.11. The lowest BCUT2D eigenvalue weighted by atomic mass is 9.98. The first-order chi connectivity index (χ1) is 15.5. The largest absolute Gasteiger partial charge is 0.508 e. The van der Waals surface area contributed by atoms with E-state index in [1.807, 2.05) is 11.0 Å². The summed E-state index contributed by atoms with van der Waals surface area (Å²) in [5.74, 6) is -1.13. The van der Waals surface area contributed by atoms with Crippen LogP contribution in [0.3, 0.4) is 0 Å². The number of allylic oxidation sites excluding steroid dienone is 1. The standard InChI is InChI=1S/C24H34N2O6/c27-20-15-18-14-19(25-32-17-22(29)26-11-7-5-8-12-26)10-6-3-1-2-4-9-13-31-24(30)23(18)21(28)16-20/h6,10,15-16,19,25,27-28H,1-5,7-9,11-14,17H2/b10-6+. The number of rotatable bonds is 4. The lowest BCUT2D eigenvalue weighted by molar-refractivity contribution is -0.140. The van der Waals surface area contributed by atoms with Crippen molar-refractivity contribution in [2.45, 2.75) is 63.8 Å². The summed E-state index contributed by atoms with van der Waals surface area (Å²) in [6.45, 7) is 1.74. The quantitative estimate of drug-likeness (QED) is 0.370. The minimum absolute atomic E-state index is 0.0458. The molecule has 3 rings (SSSR count). The summed E-state index contributed by atoms with van der Waals surface area (Å²) in [6, 6.07) is 2.22. The van der Waals surface area contributed by atoms with Crippen molar-refractivity contribution in [1.82, 2.24) is 10.4 Å². The molecule has 0 aromatic heterocycles. The Morgan fingerprint density at radius 3 is 2.66 bits per heavy atom. The Labute approximate surface area is 189 Å². The van der Waals surface area contributed by atoms with Crippen molar-refractivity contribution in [3.8, 4) is 11.5 Å². The number of phenols is 2. The topological polar surface area (TPSA) is 108 Å². The summed E-state index contributed by atoms with van der Waals surface area (Å²) >= 11 is 0. The van der Waals surface area contributed by atoms with Gasteiger partial charge in [-0.2, -0.15) is 5.48 Å². The van der Waals surface area contributed by atoms with E-state index < -0.39 is 5.97 Å². The van der Waals surface area contributed by atoms with E-state index in [4.69, 9.17) is 9.57 Å². The molecule has 8 nitrogen and oxygen atoms in total. The van der Waals surface area contributed by atoms with Gasteiger partial charge in [0.25, 0.3) is 5.91 Å². The van der Waals surface area contributed by atoms with E-state index in [0.717, 1.165) is 70.5 Å². The van der Waals surface area contributed by atoms with Gasteiger partial charge < -0.3 is 19.8 Å². The van der Waals surface area contributed by atoms with Crippen LogP contribution in [-0.2, 0) is 20.8 Å². The van der Waals surface area contributed by atoms with Crippen molar-refractivity contribution in [2.75, 3.05) is 26.3 Å². The van der Waals surface area contributed by atoms with E-state index in [9.17, 15) is 19.8 Å². The fraction of sp³-hybridized carbons (Fsp3) is 0.583. The number of likely N-dealkylation sites (tertiary alicyclic amines) is 1. The molecule has 1 atom stereocenters. The van der Waals surface area contributed by atoms with E-state index in [0.29, 0.717) is 5.56 Å². The van der Waals surface area contributed by atoms with Gasteiger partial charge in [0.05, 0.1) is 12.6 Å². The van der Waals surface area contributed by atoms with Gasteiger partial charge >= 0.3 is 5.97 Å². The molecule has 32 heavy (non-hydrogen) atoms. The Morgan fingerprint density at radius 2 is 1.84 bits per heavy atom. The van der Waals surface area contributed by atoms with Crippen molar-refractivity contribution in [3.63, 3.8) is 0 Å². The van der Waals surface area contributed by atoms with Crippen LogP contribution in [0.4, 0.5) is 0 Å². The maximum absolute atomic E-state index is 12.6. The Kier molecular flexibility index (Phi) is 9.37. The number of phenolic OH excluding ortho intramolecular Hbond substituents is 2. The zero-order valence-corrected chi connectivity index (χ0v) is 18.6. The van der Waals surface area contributed by atoms with Crippen LogP contribution >= 0.6 is 0 Å². The van der Waals surface area contributed by atoms with Gasteiger partial charge in [-0.25, -0.2) is 4.79 Å². The van der Waals surface area contributed by atoms with E-state index in [-0.39, 0.29) is 48.6 Å². The van der Waals surface area contributed by atoms with Crippen LogP contribution in [0.2, 0.25) is 0 Å². The highest BCUT2D eigenvalue weighted by atomic mass is 16.6. The third-order valence-corrected chi connectivity index (χ3v) is 5.83. The van der Waals surface area contributed by atoms with Gasteiger partial charge in [0, 0.05) is 19.2 Å². The van der Waals surface area contributed by atoms with Crippen molar-refractivity contribution >= 4 is 11.9 Å². The minimum atomic E-state index is -0.613. The number of hydrogen-bond donors (Lipinski definition) is 3. The third kappa shape index (κ3) is 7.24. The molecule has 1 fully saturated rings. The minimum Gasteiger partial charge on any atom is -0.508 e. The summed E-state index contributed by atoms with van der Waals surface area (Å²) in [5, 5.41) is 20.3. The molecule has 2 heterocycles. The molecule has 1 aromatic carbocycles. The van der Waals surface area contributed by atoms with Crippen LogP contribution in [0, 0.1) is 0 Å². The number of carbonyl (C=O) groups excluding carboxylic acids is 2. The molecule has 2 aliphatic rings. The smallest absolute Gasteiger partial charge is 0.342 e. The maximum Gasteiger partial charge on any atom is 0.342 e. The van der Waals surface area contributed by atoms with Crippen LogP contribution in [0.5, 0.6) is 11.5 Å². The molecule has 2 aliphatic heterocycles. The average Bonchev–Trinajstić information content (AvgIpc) is 2.77. The number of amides is 1. The van der Waals surface area contributed by atoms with Crippen molar-refractivity contribution in [3.05, 3.63) is 35.4 Å². The molecule has 176 valence electrons. The number of nitrogens with zero attached hydrogens (tertiary/aromatic N) is 1. The number of ether oxygens (including phenoxy) is 1. The Morgan fingerprint density at radius 1 is 1.09 bits per heavy atom. The monoisotopic (exact) mass is 446 g/mol. The molecule has 0 saturated carbocycles. The number of hydrogen-bond acceptors (Lipinski definition) is 7. The Hall–Kier alpha value is -2.58. The van der Waals surface area contributed by atoms with Gasteiger partial charge in [0.1, 0.15) is 23.7 Å². The van der Waals surface area contributed by atoms with E-state index in [1.54, 1.807) is 0 Å². The summed E-state index contributed by atoms with van der Waals surface area (Å²) in [4.78, 5) is 32.3. The molecule has 1 aromatic rings. The summed E-state index contributed by atoms with van der Waals surface area (Å²) in [7, 11) is 0. The first kappa shape index (κ1) is 24.1. The van der Waals surface area contributed by atoms with Gasteiger partial charge in [-0.3, -0.25) is 9.63 Å². The molecule has 1 unspecified atom stereocenters. The number of benzene rings is 1. The van der Waals surface area contributed by atoms with Crippen molar-refractivity contribution in [1.29, 1.82) is 0 Å². The number of aromatic hydroxyl groups is 2. The molecule has 1 saturated heterocycles. The van der Waals surface area contributed by atoms with Gasteiger partial charge in [-0.1, -0.05) is 25.0 Å². The second kappa shape index (κ2) is 12.5. The molecule has 0 bridgehead atoms. The Balaban J connectivity index is 1.71. The average molecular weight is 447 g/mol. The summed E-state index contributed by atoms with van der Waals surface area (Å²) in [6.07, 6.45) is 12.1. The lowest BCUT2D eigenvalue weighted by Crippen LogP contribution is -2.40. The van der Waals surface area contributed by atoms with Gasteiger partial charge in [0.2, 0.25) is 0 Å². The fourth-order valence-electron chi connectivity index (χ4n) is 4.11.